The van der Waals surface area contributed by atoms with Crippen molar-refractivity contribution in [1.82, 2.24) is 19.1 Å². The minimum absolute atomic E-state index is 0.0807. The summed E-state index contributed by atoms with van der Waals surface area (Å²) < 4.78 is 4.29. The first-order chi connectivity index (χ1) is 19.5. The lowest BCUT2D eigenvalue weighted by Gasteiger charge is -2.27. The lowest BCUT2D eigenvalue weighted by molar-refractivity contribution is 0.594. The molecule has 0 amide bonds. The van der Waals surface area contributed by atoms with Gasteiger partial charge in [-0.3, -0.25) is 9.13 Å². The van der Waals surface area contributed by atoms with Gasteiger partial charge in [-0.1, -0.05) is 87.5 Å². The number of fused-ring (bicyclic) bond motifs is 2. The highest BCUT2D eigenvalue weighted by molar-refractivity contribution is 5.89. The number of para-hydroxylation sites is 2. The number of rotatable bonds is 4. The van der Waals surface area contributed by atoms with E-state index in [2.05, 4.69) is 133 Å². The molecule has 0 spiro atoms. The lowest BCUT2D eigenvalue weighted by atomic mass is 9.77. The predicted octanol–water partition coefficient (Wildman–Crippen LogP) is 9.00. The van der Waals surface area contributed by atoms with E-state index in [9.17, 15) is 0 Å². The molecular weight excluding hydrogens is 488 g/mol. The number of hydrogen-bond acceptors (Lipinski definition) is 2. The molecule has 0 bridgehead atoms. The second-order valence-electron chi connectivity index (χ2n) is 11.3. The van der Waals surface area contributed by atoms with Crippen LogP contribution in [0, 0.1) is 0 Å². The van der Waals surface area contributed by atoms with Crippen molar-refractivity contribution in [3.63, 3.8) is 0 Å². The predicted molar refractivity (Wildman–Crippen MR) is 165 cm³/mol. The minimum Gasteiger partial charge on any atom is -0.299 e. The standard InChI is InChI=1S/C36H30N4/c1-36(2,3)35-29(25-17-19-33-31(21-25)37-23-39(33)27-11-6-4-7-12-27)15-10-16-30(35)26-18-20-34-32(22-26)38-24-40(34)28-13-8-5-9-14-28/h4-24H,1-3H3. The van der Waals surface area contributed by atoms with E-state index in [0.717, 1.165) is 33.4 Å². The Morgan fingerprint density at radius 2 is 0.950 bits per heavy atom. The van der Waals surface area contributed by atoms with Crippen LogP contribution in [-0.2, 0) is 5.41 Å². The monoisotopic (exact) mass is 518 g/mol. The maximum Gasteiger partial charge on any atom is 0.100 e. The van der Waals surface area contributed by atoms with E-state index in [0.29, 0.717) is 0 Å². The van der Waals surface area contributed by atoms with Gasteiger partial charge < -0.3 is 0 Å². The molecule has 0 saturated carbocycles. The van der Waals surface area contributed by atoms with Crippen molar-refractivity contribution in [2.75, 3.05) is 0 Å². The van der Waals surface area contributed by atoms with Gasteiger partial charge in [0.15, 0.2) is 0 Å². The summed E-state index contributed by atoms with van der Waals surface area (Å²) in [6, 6.07) is 40.6. The molecule has 2 aromatic heterocycles. The van der Waals surface area contributed by atoms with E-state index >= 15 is 0 Å². The quantitative estimate of drug-likeness (QED) is 0.233. The molecule has 0 atom stereocenters. The topological polar surface area (TPSA) is 35.6 Å². The third-order valence-electron chi connectivity index (χ3n) is 7.60. The third-order valence-corrected chi connectivity index (χ3v) is 7.60. The maximum absolute atomic E-state index is 4.77. The number of nitrogens with zero attached hydrogens (tertiary/aromatic N) is 4. The molecule has 4 nitrogen and oxygen atoms in total. The van der Waals surface area contributed by atoms with Gasteiger partial charge in [-0.25, -0.2) is 9.97 Å². The minimum atomic E-state index is -0.0807. The third kappa shape index (κ3) is 4.09. The first-order valence-electron chi connectivity index (χ1n) is 13.7. The zero-order chi connectivity index (χ0) is 27.3. The van der Waals surface area contributed by atoms with Gasteiger partial charge in [0.2, 0.25) is 0 Å². The van der Waals surface area contributed by atoms with Crippen molar-refractivity contribution >= 4 is 22.1 Å². The molecule has 7 aromatic rings. The number of benzene rings is 5. The first kappa shape index (κ1) is 24.1. The molecule has 194 valence electrons. The summed E-state index contributed by atoms with van der Waals surface area (Å²) in [5.41, 5.74) is 12.4. The SMILES string of the molecule is CC(C)(C)c1c(-c2ccc3c(c2)ncn3-c2ccccc2)cccc1-c1ccc2c(c1)ncn2-c1ccccc1. The van der Waals surface area contributed by atoms with E-state index < -0.39 is 0 Å². The fourth-order valence-corrected chi connectivity index (χ4v) is 5.79. The van der Waals surface area contributed by atoms with E-state index in [1.165, 1.54) is 27.8 Å². The Morgan fingerprint density at radius 1 is 0.500 bits per heavy atom. The molecule has 4 heteroatoms. The van der Waals surface area contributed by atoms with Crippen molar-refractivity contribution in [2.45, 2.75) is 26.2 Å². The zero-order valence-corrected chi connectivity index (χ0v) is 22.9. The zero-order valence-electron chi connectivity index (χ0n) is 22.9. The highest BCUT2D eigenvalue weighted by Gasteiger charge is 2.24. The van der Waals surface area contributed by atoms with Crippen LogP contribution in [0.3, 0.4) is 0 Å². The summed E-state index contributed by atoms with van der Waals surface area (Å²) in [5.74, 6) is 0. The van der Waals surface area contributed by atoms with Gasteiger partial charge in [-0.05, 0) is 81.8 Å². The number of hydrogen-bond donors (Lipinski definition) is 0. The fourth-order valence-electron chi connectivity index (χ4n) is 5.79. The normalized spacial score (nSPS) is 11.9. The molecule has 0 unspecified atom stereocenters. The van der Waals surface area contributed by atoms with Crippen LogP contribution in [0.5, 0.6) is 0 Å². The summed E-state index contributed by atoms with van der Waals surface area (Å²) in [6.07, 6.45) is 3.82. The number of aromatic nitrogens is 4. The Kier molecular flexibility index (Phi) is 5.64. The van der Waals surface area contributed by atoms with Gasteiger partial charge in [0, 0.05) is 11.4 Å². The van der Waals surface area contributed by atoms with Crippen LogP contribution in [0.25, 0.3) is 55.7 Å². The Balaban J connectivity index is 1.35. The molecule has 0 aliphatic heterocycles. The van der Waals surface area contributed by atoms with Crippen LogP contribution in [0.4, 0.5) is 0 Å². The fraction of sp³-hybridized carbons (Fsp3) is 0.111. The average Bonchev–Trinajstić information content (AvgIpc) is 3.61. The molecule has 2 heterocycles. The summed E-state index contributed by atoms with van der Waals surface area (Å²) in [4.78, 5) is 9.53. The van der Waals surface area contributed by atoms with E-state index in [1.54, 1.807) is 0 Å². The summed E-state index contributed by atoms with van der Waals surface area (Å²) in [5, 5.41) is 0. The first-order valence-corrected chi connectivity index (χ1v) is 13.7. The van der Waals surface area contributed by atoms with Crippen LogP contribution in [0.15, 0.2) is 128 Å². The van der Waals surface area contributed by atoms with Crippen LogP contribution >= 0.6 is 0 Å². The van der Waals surface area contributed by atoms with Gasteiger partial charge in [0.05, 0.1) is 22.1 Å². The molecule has 0 radical (unpaired) electrons. The molecule has 40 heavy (non-hydrogen) atoms. The van der Waals surface area contributed by atoms with Crippen molar-refractivity contribution in [3.8, 4) is 33.6 Å². The van der Waals surface area contributed by atoms with E-state index in [4.69, 9.17) is 9.97 Å². The van der Waals surface area contributed by atoms with Crippen LogP contribution in [-0.4, -0.2) is 19.1 Å². The molecule has 0 fully saturated rings. The lowest BCUT2D eigenvalue weighted by Crippen LogP contribution is -2.14. The molecule has 7 rings (SSSR count). The smallest absolute Gasteiger partial charge is 0.100 e. The van der Waals surface area contributed by atoms with Crippen LogP contribution in [0.1, 0.15) is 26.3 Å². The Morgan fingerprint density at radius 3 is 1.38 bits per heavy atom. The molecule has 0 N–H and O–H groups in total. The highest BCUT2D eigenvalue weighted by Crippen LogP contribution is 2.41. The van der Waals surface area contributed by atoms with E-state index in [-0.39, 0.29) is 5.41 Å². The van der Waals surface area contributed by atoms with Crippen molar-refractivity contribution in [3.05, 3.63) is 133 Å². The van der Waals surface area contributed by atoms with Gasteiger partial charge in [0.1, 0.15) is 12.7 Å². The molecular formula is C36H30N4. The van der Waals surface area contributed by atoms with Gasteiger partial charge in [0.25, 0.3) is 0 Å². The second-order valence-corrected chi connectivity index (χ2v) is 11.3. The van der Waals surface area contributed by atoms with Gasteiger partial charge >= 0.3 is 0 Å². The van der Waals surface area contributed by atoms with Gasteiger partial charge in [-0.2, -0.15) is 0 Å². The van der Waals surface area contributed by atoms with Crippen molar-refractivity contribution in [1.29, 1.82) is 0 Å². The maximum atomic E-state index is 4.77. The average molecular weight is 519 g/mol. The summed E-state index contributed by atoms with van der Waals surface area (Å²) >= 11 is 0. The van der Waals surface area contributed by atoms with Gasteiger partial charge in [-0.15, -0.1) is 0 Å². The molecule has 0 aliphatic carbocycles. The summed E-state index contributed by atoms with van der Waals surface area (Å²) in [6.45, 7) is 6.88. The summed E-state index contributed by atoms with van der Waals surface area (Å²) in [7, 11) is 0. The van der Waals surface area contributed by atoms with Crippen molar-refractivity contribution < 1.29 is 0 Å². The molecule has 0 saturated heterocycles. The highest BCUT2D eigenvalue weighted by atomic mass is 15.1. The Hall–Kier alpha value is -4.96. The van der Waals surface area contributed by atoms with Crippen LogP contribution < -0.4 is 0 Å². The molecule has 5 aromatic carbocycles. The Labute approximate surface area is 234 Å². The Bertz CT molecular complexity index is 1840. The number of imidazole rings is 2. The van der Waals surface area contributed by atoms with Crippen molar-refractivity contribution in [2.24, 2.45) is 0 Å². The largest absolute Gasteiger partial charge is 0.299 e. The second kappa shape index (κ2) is 9.35. The van der Waals surface area contributed by atoms with Crippen LogP contribution in [0.2, 0.25) is 0 Å². The van der Waals surface area contributed by atoms with E-state index in [1.807, 2.05) is 24.8 Å². The molecule has 0 aliphatic rings.